The van der Waals surface area contributed by atoms with Crippen LogP contribution in [0.1, 0.15) is 42.9 Å². The first kappa shape index (κ1) is 44.7. The van der Waals surface area contributed by atoms with Crippen LogP contribution in [0.25, 0.3) is 123 Å². The summed E-state index contributed by atoms with van der Waals surface area (Å²) >= 11 is 0. The van der Waals surface area contributed by atoms with Crippen LogP contribution < -0.4 is 0 Å². The lowest BCUT2D eigenvalue weighted by atomic mass is 9.82. The lowest BCUT2D eigenvalue weighted by Gasteiger charge is -2.22. The highest BCUT2D eigenvalue weighted by atomic mass is 15.1. The first-order chi connectivity index (χ1) is 38.0. The van der Waals surface area contributed by atoms with E-state index in [2.05, 4.69) is 260 Å². The third kappa shape index (κ3) is 7.18. The molecule has 13 aromatic rings. The Kier molecular flexibility index (Phi) is 10.3. The summed E-state index contributed by atoms with van der Waals surface area (Å²) in [6.45, 7) is 4.64. The van der Waals surface area contributed by atoms with Crippen LogP contribution in [-0.2, 0) is 5.41 Å². The molecule has 1 atom stereocenters. The fraction of sp³-hybridized carbons (Fsp3) is 0.0694. The zero-order chi connectivity index (χ0) is 51.2. The van der Waals surface area contributed by atoms with E-state index in [1.807, 2.05) is 18.2 Å². The molecule has 77 heavy (non-hydrogen) atoms. The Morgan fingerprint density at radius 1 is 0.390 bits per heavy atom. The molecule has 0 bridgehead atoms. The van der Waals surface area contributed by atoms with Gasteiger partial charge in [0, 0.05) is 55.3 Å². The number of hydrogen-bond donors (Lipinski definition) is 0. The lowest BCUT2D eigenvalue weighted by molar-refractivity contribution is 0.660. The maximum absolute atomic E-state index is 5.50. The van der Waals surface area contributed by atoms with Gasteiger partial charge in [0.15, 0.2) is 17.5 Å². The molecule has 5 heteroatoms. The van der Waals surface area contributed by atoms with E-state index >= 15 is 0 Å². The van der Waals surface area contributed by atoms with Gasteiger partial charge in [0.1, 0.15) is 0 Å². The Balaban J connectivity index is 0.975. The Morgan fingerprint density at radius 3 is 1.73 bits per heavy atom. The molecule has 364 valence electrons. The van der Waals surface area contributed by atoms with Crippen LogP contribution >= 0.6 is 0 Å². The van der Waals surface area contributed by atoms with Gasteiger partial charge < -0.3 is 9.13 Å². The molecule has 0 fully saturated rings. The topological polar surface area (TPSA) is 48.5 Å². The number of allylic oxidation sites excluding steroid dienone is 4. The minimum atomic E-state index is -0.186. The molecule has 0 saturated heterocycles. The van der Waals surface area contributed by atoms with E-state index in [4.69, 9.17) is 15.0 Å². The lowest BCUT2D eigenvalue weighted by Crippen LogP contribution is -2.15. The van der Waals surface area contributed by atoms with Gasteiger partial charge in [-0.25, -0.2) is 15.0 Å². The summed E-state index contributed by atoms with van der Waals surface area (Å²) in [5, 5.41) is 4.82. The van der Waals surface area contributed by atoms with Gasteiger partial charge >= 0.3 is 0 Å². The normalized spacial score (nSPS) is 14.4. The summed E-state index contributed by atoms with van der Waals surface area (Å²) in [5.41, 5.74) is 20.4. The molecular weight excluding hydrogens is 935 g/mol. The van der Waals surface area contributed by atoms with Crippen molar-refractivity contribution in [3.05, 3.63) is 272 Å². The largest absolute Gasteiger partial charge is 0.309 e. The van der Waals surface area contributed by atoms with Crippen LogP contribution in [0.3, 0.4) is 0 Å². The summed E-state index contributed by atoms with van der Waals surface area (Å²) in [6, 6.07) is 83.7. The Hall–Kier alpha value is -9.71. The van der Waals surface area contributed by atoms with E-state index in [9.17, 15) is 0 Å². The Bertz CT molecular complexity index is 4560. The highest BCUT2D eigenvalue weighted by molar-refractivity contribution is 6.22. The number of aromatic nitrogens is 5. The molecule has 0 spiro atoms. The number of rotatable bonds is 8. The highest BCUT2D eigenvalue weighted by Gasteiger charge is 2.35. The van der Waals surface area contributed by atoms with E-state index in [0.29, 0.717) is 23.4 Å². The van der Waals surface area contributed by atoms with E-state index in [-0.39, 0.29) is 5.41 Å². The van der Waals surface area contributed by atoms with E-state index in [0.717, 1.165) is 56.6 Å². The van der Waals surface area contributed by atoms with Gasteiger partial charge in [0.25, 0.3) is 0 Å². The van der Waals surface area contributed by atoms with Crippen molar-refractivity contribution in [2.45, 2.75) is 31.6 Å². The van der Waals surface area contributed by atoms with Crippen LogP contribution in [-0.4, -0.2) is 24.1 Å². The molecular formula is C72H51N5. The molecule has 0 N–H and O–H groups in total. The van der Waals surface area contributed by atoms with Crippen molar-refractivity contribution in [2.24, 2.45) is 0 Å². The molecule has 0 radical (unpaired) electrons. The second-order valence-corrected chi connectivity index (χ2v) is 21.1. The van der Waals surface area contributed by atoms with Gasteiger partial charge in [-0.2, -0.15) is 0 Å². The first-order valence-corrected chi connectivity index (χ1v) is 26.7. The van der Waals surface area contributed by atoms with Crippen LogP contribution in [0, 0.1) is 0 Å². The number of hydrogen-bond acceptors (Lipinski definition) is 3. The van der Waals surface area contributed by atoms with Gasteiger partial charge in [0.2, 0.25) is 0 Å². The van der Waals surface area contributed by atoms with Gasteiger partial charge in [-0.1, -0.05) is 214 Å². The van der Waals surface area contributed by atoms with E-state index in [1.165, 1.54) is 71.5 Å². The molecule has 2 aliphatic rings. The number of para-hydroxylation sites is 2. The van der Waals surface area contributed by atoms with Crippen molar-refractivity contribution in [3.63, 3.8) is 0 Å². The van der Waals surface area contributed by atoms with Crippen molar-refractivity contribution < 1.29 is 0 Å². The molecule has 1 unspecified atom stereocenters. The zero-order valence-electron chi connectivity index (χ0n) is 42.8. The van der Waals surface area contributed by atoms with Crippen LogP contribution in [0.2, 0.25) is 0 Å². The standard InChI is InChI=1S/C72H51N5/c1-72(2)60-33-17-15-29-53(60)54-40-39-51(43-61(54)72)70-73-69(48-25-11-5-12-26-48)74-71(75-70)59-42-38-50(47-23-9-4-10-24-47)45-66(59)77-62-34-18-16-30-57(62)67-55(32-20-36-64(67)77)56-31-19-35-63-68(56)58-41-37-49(46-21-7-3-8-22-46)44-65(58)76(63)52-27-13-6-14-28-52/h3-21,23-46H,22H2,1-2H3. The Morgan fingerprint density at radius 2 is 0.974 bits per heavy atom. The third-order valence-electron chi connectivity index (χ3n) is 16.3. The highest BCUT2D eigenvalue weighted by Crippen LogP contribution is 2.50. The van der Waals surface area contributed by atoms with Crippen molar-refractivity contribution in [3.8, 4) is 78.9 Å². The van der Waals surface area contributed by atoms with Gasteiger partial charge in [0.05, 0.1) is 27.8 Å². The molecule has 2 aliphatic carbocycles. The summed E-state index contributed by atoms with van der Waals surface area (Å²) < 4.78 is 4.91. The van der Waals surface area contributed by atoms with Crippen molar-refractivity contribution in [1.29, 1.82) is 0 Å². The maximum Gasteiger partial charge on any atom is 0.166 e. The molecule has 0 amide bonds. The average Bonchev–Trinajstić information content (AvgIpc) is 4.13. The second-order valence-electron chi connectivity index (χ2n) is 21.1. The van der Waals surface area contributed by atoms with Crippen LogP contribution in [0.5, 0.6) is 0 Å². The van der Waals surface area contributed by atoms with Crippen molar-refractivity contribution in [2.75, 3.05) is 0 Å². The van der Waals surface area contributed by atoms with Crippen LogP contribution in [0.4, 0.5) is 0 Å². The fourth-order valence-electron chi connectivity index (χ4n) is 12.6. The number of nitrogens with zero attached hydrogens (tertiary/aromatic N) is 5. The monoisotopic (exact) mass is 985 g/mol. The Labute approximate surface area is 447 Å². The summed E-state index contributed by atoms with van der Waals surface area (Å²) in [6.07, 6.45) is 9.93. The fourth-order valence-corrected chi connectivity index (χ4v) is 12.6. The summed E-state index contributed by atoms with van der Waals surface area (Å²) in [5.74, 6) is 2.19. The molecule has 0 saturated carbocycles. The smallest absolute Gasteiger partial charge is 0.166 e. The summed E-state index contributed by atoms with van der Waals surface area (Å²) in [4.78, 5) is 16.2. The predicted molar refractivity (Wildman–Crippen MR) is 319 cm³/mol. The SMILES string of the molecule is CC1(C)c2ccccc2-c2ccc(-c3nc(-c4ccccc4)nc(-c4ccc(-c5ccccc5)cc4-n4c5ccccc5c5c(-c6cccc7c6c6ccc(C8C=CC=CC8)cc6n7-c6ccccc6)cccc54)n3)cc21. The molecule has 10 aromatic carbocycles. The average molecular weight is 986 g/mol. The minimum Gasteiger partial charge on any atom is -0.309 e. The molecule has 15 rings (SSSR count). The predicted octanol–water partition coefficient (Wildman–Crippen LogP) is 18.3. The number of fused-ring (bicyclic) bond motifs is 9. The quantitative estimate of drug-likeness (QED) is 0.152. The molecule has 3 heterocycles. The summed E-state index contributed by atoms with van der Waals surface area (Å²) in [7, 11) is 0. The third-order valence-corrected chi connectivity index (χ3v) is 16.3. The molecule has 3 aromatic heterocycles. The minimum absolute atomic E-state index is 0.186. The van der Waals surface area contributed by atoms with Gasteiger partial charge in [-0.15, -0.1) is 0 Å². The number of benzene rings is 10. The van der Waals surface area contributed by atoms with Crippen molar-refractivity contribution in [1.82, 2.24) is 24.1 Å². The first-order valence-electron chi connectivity index (χ1n) is 26.7. The second kappa shape index (κ2) is 17.7. The maximum atomic E-state index is 5.50. The van der Waals surface area contributed by atoms with E-state index in [1.54, 1.807) is 0 Å². The van der Waals surface area contributed by atoms with Gasteiger partial charge in [-0.05, 0) is 111 Å². The van der Waals surface area contributed by atoms with Crippen LogP contribution in [0.15, 0.2) is 255 Å². The molecule has 5 nitrogen and oxygen atoms in total. The van der Waals surface area contributed by atoms with Gasteiger partial charge in [-0.3, -0.25) is 0 Å². The van der Waals surface area contributed by atoms with Crippen molar-refractivity contribution >= 4 is 43.6 Å². The molecule has 0 aliphatic heterocycles. The van der Waals surface area contributed by atoms with E-state index < -0.39 is 0 Å². The zero-order valence-corrected chi connectivity index (χ0v) is 42.8.